The lowest BCUT2D eigenvalue weighted by molar-refractivity contribution is 0.0854. The van der Waals surface area contributed by atoms with E-state index in [1.165, 1.54) is 18.2 Å². The van der Waals surface area contributed by atoms with E-state index >= 15 is 0 Å². The maximum atomic E-state index is 13.1. The van der Waals surface area contributed by atoms with Crippen molar-refractivity contribution in [3.63, 3.8) is 0 Å². The molecule has 3 aromatic rings. The second-order valence-corrected chi connectivity index (χ2v) is 9.46. The number of aliphatic hydroxyl groups is 2. The fourth-order valence-corrected chi connectivity index (χ4v) is 4.68. The van der Waals surface area contributed by atoms with Gasteiger partial charge in [-0.05, 0) is 36.6 Å². The van der Waals surface area contributed by atoms with E-state index < -0.39 is 29.4 Å². The van der Waals surface area contributed by atoms with E-state index in [1.54, 1.807) is 30.3 Å². The van der Waals surface area contributed by atoms with Gasteiger partial charge in [-0.25, -0.2) is 4.79 Å². The van der Waals surface area contributed by atoms with Crippen molar-refractivity contribution < 1.29 is 15.0 Å². The van der Waals surface area contributed by atoms with Gasteiger partial charge < -0.3 is 15.5 Å². The number of nitrogens with one attached hydrogen (secondary N) is 1. The molecule has 1 heterocycles. The monoisotopic (exact) mass is 512 g/mol. The molecule has 1 amide bonds. The zero-order chi connectivity index (χ0) is 25.7. The Balaban J connectivity index is 1.57. The first-order valence-corrected chi connectivity index (χ1v) is 12.4. The van der Waals surface area contributed by atoms with Crippen molar-refractivity contribution in [2.75, 3.05) is 6.54 Å². The third-order valence-electron chi connectivity index (χ3n) is 6.58. The van der Waals surface area contributed by atoms with Gasteiger partial charge in [-0.15, -0.1) is 0 Å². The van der Waals surface area contributed by atoms with E-state index in [0.29, 0.717) is 12.1 Å². The third-order valence-corrected chi connectivity index (χ3v) is 6.91. The Labute approximate surface area is 213 Å². The number of aliphatic hydroxyl groups excluding tert-OH is 2. The predicted molar refractivity (Wildman–Crippen MR) is 135 cm³/mol. The molecular weight excluding hydrogens is 484 g/mol. The maximum absolute atomic E-state index is 13.1. The minimum atomic E-state index is -1.07. The Morgan fingerprint density at radius 3 is 2.64 bits per heavy atom. The van der Waals surface area contributed by atoms with Crippen LogP contribution >= 0.6 is 11.6 Å². The largest absolute Gasteiger partial charge is 0.393 e. The number of rotatable bonds is 7. The van der Waals surface area contributed by atoms with Gasteiger partial charge in [0, 0.05) is 12.5 Å². The number of amides is 1. The van der Waals surface area contributed by atoms with Crippen LogP contribution in [0.3, 0.4) is 0 Å². The summed E-state index contributed by atoms with van der Waals surface area (Å²) in [5, 5.41) is 27.8. The van der Waals surface area contributed by atoms with Crippen molar-refractivity contribution in [2.24, 2.45) is 5.92 Å². The SMILES string of the molecule is O=C(NCC1CCCCCC1O)c1cc(-n2ncc(=O)n(CC(O)c3ccccc3)c2=O)ccc1Cl. The number of carbonyl (C=O) groups is 1. The summed E-state index contributed by atoms with van der Waals surface area (Å²) in [4.78, 5) is 38.4. The summed E-state index contributed by atoms with van der Waals surface area (Å²) < 4.78 is 1.88. The first kappa shape index (κ1) is 25.8. The predicted octanol–water partition coefficient (Wildman–Crippen LogP) is 2.45. The van der Waals surface area contributed by atoms with Gasteiger partial charge in [0.15, 0.2) is 0 Å². The maximum Gasteiger partial charge on any atom is 0.352 e. The molecule has 0 bridgehead atoms. The minimum absolute atomic E-state index is 0.0257. The fraction of sp³-hybridized carbons (Fsp3) is 0.385. The summed E-state index contributed by atoms with van der Waals surface area (Å²) in [5.74, 6) is -0.457. The van der Waals surface area contributed by atoms with E-state index in [2.05, 4.69) is 10.4 Å². The van der Waals surface area contributed by atoms with Crippen molar-refractivity contribution in [1.29, 1.82) is 0 Å². The summed E-state index contributed by atoms with van der Waals surface area (Å²) in [5.41, 5.74) is -0.454. The van der Waals surface area contributed by atoms with Crippen LogP contribution in [0, 0.1) is 5.92 Å². The van der Waals surface area contributed by atoms with Gasteiger partial charge in [-0.1, -0.05) is 61.2 Å². The molecule has 4 rings (SSSR count). The molecule has 1 aliphatic carbocycles. The first-order valence-electron chi connectivity index (χ1n) is 12.0. The van der Waals surface area contributed by atoms with Crippen LogP contribution in [-0.2, 0) is 6.54 Å². The molecule has 0 saturated heterocycles. The molecule has 3 N–H and O–H groups in total. The molecule has 1 fully saturated rings. The average Bonchev–Trinajstić information content (AvgIpc) is 3.09. The highest BCUT2D eigenvalue weighted by Gasteiger charge is 2.23. The molecule has 9 nitrogen and oxygen atoms in total. The van der Waals surface area contributed by atoms with Crippen molar-refractivity contribution in [3.05, 3.63) is 91.7 Å². The summed E-state index contributed by atoms with van der Waals surface area (Å²) in [7, 11) is 0. The normalized spacial score (nSPS) is 18.9. The standard InChI is InChI=1S/C26H29ClN4O5/c27-21-12-11-19(13-20(21)25(35)28-14-18-9-5-2-6-10-22(18)32)31-26(36)30(24(34)15-29-31)16-23(33)17-7-3-1-4-8-17/h1,3-4,7-8,11-13,15,18,22-23,32-33H,2,5-6,9-10,14,16H2,(H,28,35). The van der Waals surface area contributed by atoms with Crippen LogP contribution in [0.2, 0.25) is 5.02 Å². The topological polar surface area (TPSA) is 126 Å². The van der Waals surface area contributed by atoms with Crippen LogP contribution < -0.4 is 16.6 Å². The molecule has 2 aromatic carbocycles. The lowest BCUT2D eigenvalue weighted by atomic mass is 9.97. The van der Waals surface area contributed by atoms with E-state index in [9.17, 15) is 24.6 Å². The third kappa shape index (κ3) is 5.92. The highest BCUT2D eigenvalue weighted by atomic mass is 35.5. The van der Waals surface area contributed by atoms with Gasteiger partial charge in [0.1, 0.15) is 6.20 Å². The number of nitrogens with zero attached hydrogens (tertiary/aromatic N) is 3. The number of hydrogen-bond donors (Lipinski definition) is 3. The average molecular weight is 513 g/mol. The zero-order valence-corrected chi connectivity index (χ0v) is 20.5. The summed E-state index contributed by atoms with van der Waals surface area (Å²) in [6.07, 6.45) is 4.08. The van der Waals surface area contributed by atoms with Crippen LogP contribution in [0.4, 0.5) is 0 Å². The highest BCUT2D eigenvalue weighted by Crippen LogP contribution is 2.24. The lowest BCUT2D eigenvalue weighted by Crippen LogP contribution is -2.41. The van der Waals surface area contributed by atoms with E-state index in [-0.39, 0.29) is 28.7 Å². The second-order valence-electron chi connectivity index (χ2n) is 9.05. The number of hydrogen-bond acceptors (Lipinski definition) is 6. The van der Waals surface area contributed by atoms with Crippen LogP contribution in [-0.4, -0.2) is 43.1 Å². The number of halogens is 1. The van der Waals surface area contributed by atoms with Crippen molar-refractivity contribution >= 4 is 17.5 Å². The van der Waals surface area contributed by atoms with E-state index in [0.717, 1.165) is 47.5 Å². The molecule has 1 aromatic heterocycles. The molecular formula is C26H29ClN4O5. The van der Waals surface area contributed by atoms with E-state index in [4.69, 9.17) is 11.6 Å². The number of carbonyl (C=O) groups excluding carboxylic acids is 1. The van der Waals surface area contributed by atoms with Gasteiger partial charge in [-0.3, -0.25) is 14.2 Å². The lowest BCUT2D eigenvalue weighted by Gasteiger charge is -2.21. The van der Waals surface area contributed by atoms with Crippen LogP contribution in [0.5, 0.6) is 0 Å². The molecule has 0 radical (unpaired) electrons. The molecule has 0 spiro atoms. The molecule has 10 heteroatoms. The van der Waals surface area contributed by atoms with E-state index in [1.807, 2.05) is 0 Å². The second kappa shape index (κ2) is 11.6. The van der Waals surface area contributed by atoms with Gasteiger partial charge in [0.2, 0.25) is 0 Å². The van der Waals surface area contributed by atoms with Crippen LogP contribution in [0.1, 0.15) is 54.1 Å². The van der Waals surface area contributed by atoms with Gasteiger partial charge >= 0.3 is 5.69 Å². The Bertz CT molecular complexity index is 1320. The molecule has 36 heavy (non-hydrogen) atoms. The molecule has 0 aliphatic heterocycles. The Kier molecular flexibility index (Phi) is 8.35. The summed E-state index contributed by atoms with van der Waals surface area (Å²) >= 11 is 6.28. The Morgan fingerprint density at radius 2 is 1.86 bits per heavy atom. The quantitative estimate of drug-likeness (QED) is 0.417. The van der Waals surface area contributed by atoms with Gasteiger partial charge in [0.05, 0.1) is 35.0 Å². The molecule has 1 aliphatic rings. The molecule has 1 saturated carbocycles. The van der Waals surface area contributed by atoms with Crippen LogP contribution in [0.15, 0.2) is 64.3 Å². The summed E-state index contributed by atoms with van der Waals surface area (Å²) in [6, 6.07) is 13.1. The van der Waals surface area contributed by atoms with Crippen molar-refractivity contribution in [1.82, 2.24) is 19.7 Å². The number of aromatic nitrogens is 3. The van der Waals surface area contributed by atoms with Crippen molar-refractivity contribution in [3.8, 4) is 5.69 Å². The first-order chi connectivity index (χ1) is 17.3. The number of benzene rings is 2. The van der Waals surface area contributed by atoms with Gasteiger partial charge in [0.25, 0.3) is 11.5 Å². The fourth-order valence-electron chi connectivity index (χ4n) is 4.47. The molecule has 3 unspecified atom stereocenters. The summed E-state index contributed by atoms with van der Waals surface area (Å²) in [6.45, 7) is 0.0653. The van der Waals surface area contributed by atoms with Crippen molar-refractivity contribution in [2.45, 2.75) is 50.9 Å². The smallest absolute Gasteiger partial charge is 0.352 e. The molecule has 3 atom stereocenters. The Hall–Kier alpha value is -3.27. The van der Waals surface area contributed by atoms with Crippen LogP contribution in [0.25, 0.3) is 5.69 Å². The Morgan fingerprint density at radius 1 is 1.11 bits per heavy atom. The zero-order valence-electron chi connectivity index (χ0n) is 19.7. The minimum Gasteiger partial charge on any atom is -0.393 e. The molecule has 190 valence electrons. The highest BCUT2D eigenvalue weighted by molar-refractivity contribution is 6.33. The van der Waals surface area contributed by atoms with Gasteiger partial charge in [-0.2, -0.15) is 9.78 Å².